The fourth-order valence-electron chi connectivity index (χ4n) is 2.51. The van der Waals surface area contributed by atoms with Crippen LogP contribution in [0.2, 0.25) is 0 Å². The van der Waals surface area contributed by atoms with Crippen molar-refractivity contribution in [3.05, 3.63) is 47.2 Å². The molecule has 1 heterocycles. The van der Waals surface area contributed by atoms with Gasteiger partial charge in [0.25, 0.3) is 0 Å². The molecule has 3 rings (SSSR count). The Kier molecular flexibility index (Phi) is 2.67. The van der Waals surface area contributed by atoms with Gasteiger partial charge in [-0.05, 0) is 55.0 Å². The van der Waals surface area contributed by atoms with E-state index in [4.69, 9.17) is 10.5 Å². The number of anilines is 1. The summed E-state index contributed by atoms with van der Waals surface area (Å²) in [6, 6.07) is 7.77. The second-order valence-corrected chi connectivity index (χ2v) is 4.72. The van der Waals surface area contributed by atoms with E-state index in [1.807, 2.05) is 6.07 Å². The number of nitrogens with zero attached hydrogens (tertiary/aromatic N) is 1. The monoisotopic (exact) mass is 240 g/mol. The predicted octanol–water partition coefficient (Wildman–Crippen LogP) is 3.25. The number of rotatable bonds is 2. The fraction of sp³-hybridized carbons (Fsp3) is 0.267. The zero-order valence-electron chi connectivity index (χ0n) is 10.4. The standard InChI is InChI=1S/C15H16N2O/c1-10-5-7-14(13-4-2-3-12(10)13)18-15-8-6-11(16)9-17-15/h5-9H,2-4,16H2,1H3. The van der Waals surface area contributed by atoms with Crippen LogP contribution in [0.15, 0.2) is 30.5 Å². The Morgan fingerprint density at radius 1 is 1.11 bits per heavy atom. The lowest BCUT2D eigenvalue weighted by Gasteiger charge is -2.11. The van der Waals surface area contributed by atoms with E-state index in [0.717, 1.165) is 18.6 Å². The number of hydrogen-bond acceptors (Lipinski definition) is 3. The van der Waals surface area contributed by atoms with Crippen LogP contribution < -0.4 is 10.5 Å². The van der Waals surface area contributed by atoms with E-state index in [9.17, 15) is 0 Å². The zero-order valence-corrected chi connectivity index (χ0v) is 10.4. The maximum atomic E-state index is 5.86. The number of aryl methyl sites for hydroxylation is 1. The molecule has 1 aliphatic carbocycles. The van der Waals surface area contributed by atoms with Gasteiger partial charge in [-0.25, -0.2) is 4.98 Å². The predicted molar refractivity (Wildman–Crippen MR) is 71.9 cm³/mol. The van der Waals surface area contributed by atoms with Gasteiger partial charge < -0.3 is 10.5 Å². The number of ether oxygens (including phenoxy) is 1. The van der Waals surface area contributed by atoms with Gasteiger partial charge in [0.15, 0.2) is 0 Å². The Bertz CT molecular complexity index is 576. The van der Waals surface area contributed by atoms with Crippen molar-refractivity contribution in [3.8, 4) is 11.6 Å². The van der Waals surface area contributed by atoms with Crippen LogP contribution in [0.4, 0.5) is 5.69 Å². The number of nitrogens with two attached hydrogens (primary N) is 1. The molecule has 0 radical (unpaired) electrons. The lowest BCUT2D eigenvalue weighted by atomic mass is 10.0. The summed E-state index contributed by atoms with van der Waals surface area (Å²) in [5, 5.41) is 0. The van der Waals surface area contributed by atoms with Crippen LogP contribution in [-0.4, -0.2) is 4.98 Å². The first-order valence-electron chi connectivity index (χ1n) is 6.25. The van der Waals surface area contributed by atoms with Crippen LogP contribution in [0, 0.1) is 6.92 Å². The van der Waals surface area contributed by atoms with Gasteiger partial charge >= 0.3 is 0 Å². The van der Waals surface area contributed by atoms with E-state index < -0.39 is 0 Å². The van der Waals surface area contributed by atoms with Gasteiger partial charge in [0.05, 0.1) is 11.9 Å². The minimum atomic E-state index is 0.599. The average Bonchev–Trinajstić information content (AvgIpc) is 2.86. The van der Waals surface area contributed by atoms with Crippen LogP contribution in [0.3, 0.4) is 0 Å². The highest BCUT2D eigenvalue weighted by atomic mass is 16.5. The van der Waals surface area contributed by atoms with Gasteiger partial charge in [0.2, 0.25) is 5.88 Å². The number of fused-ring (bicyclic) bond motifs is 1. The van der Waals surface area contributed by atoms with Crippen molar-refractivity contribution in [1.29, 1.82) is 0 Å². The molecular formula is C15H16N2O. The second-order valence-electron chi connectivity index (χ2n) is 4.72. The molecule has 1 aromatic heterocycles. The average molecular weight is 240 g/mol. The quantitative estimate of drug-likeness (QED) is 0.876. The van der Waals surface area contributed by atoms with Crippen LogP contribution in [0.1, 0.15) is 23.1 Å². The highest BCUT2D eigenvalue weighted by Gasteiger charge is 2.18. The number of nitrogen functional groups attached to an aromatic ring is 1. The Balaban J connectivity index is 1.94. The third-order valence-electron chi connectivity index (χ3n) is 3.45. The molecule has 0 atom stereocenters. The maximum Gasteiger partial charge on any atom is 0.219 e. The maximum absolute atomic E-state index is 5.86. The van der Waals surface area contributed by atoms with Gasteiger partial charge in [-0.1, -0.05) is 6.07 Å². The Morgan fingerprint density at radius 3 is 2.72 bits per heavy atom. The number of pyridine rings is 1. The molecule has 0 fully saturated rings. The number of benzene rings is 1. The molecule has 0 saturated heterocycles. The lowest BCUT2D eigenvalue weighted by molar-refractivity contribution is 0.458. The van der Waals surface area contributed by atoms with E-state index in [1.54, 1.807) is 18.3 Å². The first-order chi connectivity index (χ1) is 8.74. The largest absolute Gasteiger partial charge is 0.439 e. The fourth-order valence-corrected chi connectivity index (χ4v) is 2.51. The third kappa shape index (κ3) is 1.92. The first kappa shape index (κ1) is 11.1. The summed E-state index contributed by atoms with van der Waals surface area (Å²) in [4.78, 5) is 4.17. The first-order valence-corrected chi connectivity index (χ1v) is 6.25. The van der Waals surface area contributed by atoms with E-state index in [1.165, 1.54) is 23.1 Å². The van der Waals surface area contributed by atoms with E-state index in [-0.39, 0.29) is 0 Å². The Morgan fingerprint density at radius 2 is 1.94 bits per heavy atom. The third-order valence-corrected chi connectivity index (χ3v) is 3.45. The topological polar surface area (TPSA) is 48.1 Å². The molecule has 0 spiro atoms. The van der Waals surface area contributed by atoms with Gasteiger partial charge in [0, 0.05) is 6.07 Å². The molecule has 2 aromatic rings. The molecule has 2 N–H and O–H groups in total. The summed E-state index contributed by atoms with van der Waals surface area (Å²) in [6.45, 7) is 2.16. The van der Waals surface area contributed by atoms with Crippen molar-refractivity contribution in [1.82, 2.24) is 4.98 Å². The zero-order chi connectivity index (χ0) is 12.5. The second kappa shape index (κ2) is 4.33. The smallest absolute Gasteiger partial charge is 0.219 e. The highest BCUT2D eigenvalue weighted by Crippen LogP contribution is 2.34. The Hall–Kier alpha value is -2.03. The molecule has 0 bridgehead atoms. The van der Waals surface area contributed by atoms with Crippen LogP contribution in [0.5, 0.6) is 11.6 Å². The molecule has 18 heavy (non-hydrogen) atoms. The summed E-state index contributed by atoms with van der Waals surface area (Å²) in [7, 11) is 0. The van der Waals surface area contributed by atoms with Crippen molar-refractivity contribution in [2.45, 2.75) is 26.2 Å². The van der Waals surface area contributed by atoms with E-state index >= 15 is 0 Å². The summed E-state index contributed by atoms with van der Waals surface area (Å²) >= 11 is 0. The van der Waals surface area contributed by atoms with Crippen molar-refractivity contribution < 1.29 is 4.74 Å². The molecular weight excluding hydrogens is 224 g/mol. The summed E-state index contributed by atoms with van der Waals surface area (Å²) in [5.74, 6) is 1.53. The number of aromatic nitrogens is 1. The normalized spacial score (nSPS) is 13.4. The molecule has 92 valence electrons. The molecule has 3 heteroatoms. The van der Waals surface area contributed by atoms with E-state index in [0.29, 0.717) is 11.6 Å². The molecule has 1 aliphatic rings. The van der Waals surface area contributed by atoms with Crippen LogP contribution >= 0.6 is 0 Å². The highest BCUT2D eigenvalue weighted by molar-refractivity contribution is 5.48. The van der Waals surface area contributed by atoms with Crippen molar-refractivity contribution in [2.75, 3.05) is 5.73 Å². The molecule has 0 amide bonds. The van der Waals surface area contributed by atoms with Crippen molar-refractivity contribution in [2.24, 2.45) is 0 Å². The SMILES string of the molecule is Cc1ccc(Oc2ccc(N)cn2)c2c1CCC2. The Labute approximate surface area is 107 Å². The van der Waals surface area contributed by atoms with Gasteiger partial charge in [-0.2, -0.15) is 0 Å². The van der Waals surface area contributed by atoms with E-state index in [2.05, 4.69) is 18.0 Å². The van der Waals surface area contributed by atoms with Crippen molar-refractivity contribution in [3.63, 3.8) is 0 Å². The van der Waals surface area contributed by atoms with Crippen LogP contribution in [-0.2, 0) is 12.8 Å². The molecule has 0 unspecified atom stereocenters. The van der Waals surface area contributed by atoms with Crippen LogP contribution in [0.25, 0.3) is 0 Å². The van der Waals surface area contributed by atoms with Gasteiger partial charge in [-0.15, -0.1) is 0 Å². The summed E-state index contributed by atoms with van der Waals surface area (Å²) in [5.41, 5.74) is 10.4. The van der Waals surface area contributed by atoms with Gasteiger partial charge in [0.1, 0.15) is 5.75 Å². The molecule has 0 aliphatic heterocycles. The number of hydrogen-bond donors (Lipinski definition) is 1. The molecule has 3 nitrogen and oxygen atoms in total. The van der Waals surface area contributed by atoms with Gasteiger partial charge in [-0.3, -0.25) is 0 Å². The molecule has 1 aromatic carbocycles. The lowest BCUT2D eigenvalue weighted by Crippen LogP contribution is -1.95. The molecule has 0 saturated carbocycles. The minimum absolute atomic E-state index is 0.599. The minimum Gasteiger partial charge on any atom is -0.439 e. The van der Waals surface area contributed by atoms with Crippen molar-refractivity contribution >= 4 is 5.69 Å². The summed E-state index contributed by atoms with van der Waals surface area (Å²) in [6.07, 6.45) is 5.09. The summed E-state index contributed by atoms with van der Waals surface area (Å²) < 4.78 is 5.86.